The first-order valence-electron chi connectivity index (χ1n) is 11.2. The lowest BCUT2D eigenvalue weighted by atomic mass is 9.92. The Morgan fingerprint density at radius 2 is 1.50 bits per heavy atom. The van der Waals surface area contributed by atoms with Crippen LogP contribution in [0.4, 0.5) is 11.4 Å². The molecule has 2 aromatic rings. The van der Waals surface area contributed by atoms with E-state index >= 15 is 0 Å². The highest BCUT2D eigenvalue weighted by Gasteiger charge is 2.31. The van der Waals surface area contributed by atoms with Crippen LogP contribution in [-0.4, -0.2) is 30.8 Å². The van der Waals surface area contributed by atoms with Crippen molar-refractivity contribution < 1.29 is 9.59 Å². The van der Waals surface area contributed by atoms with Crippen LogP contribution >= 0.6 is 0 Å². The summed E-state index contributed by atoms with van der Waals surface area (Å²) in [5.74, 6) is 0.0454. The molecule has 0 unspecified atom stereocenters. The van der Waals surface area contributed by atoms with Gasteiger partial charge in [-0.3, -0.25) is 9.59 Å². The number of rotatable bonds is 6. The maximum Gasteiger partial charge on any atom is 0.229 e. The van der Waals surface area contributed by atoms with E-state index in [4.69, 9.17) is 0 Å². The highest BCUT2D eigenvalue weighted by atomic mass is 16.2. The van der Waals surface area contributed by atoms with Gasteiger partial charge in [0.25, 0.3) is 0 Å². The Labute approximate surface area is 193 Å². The Morgan fingerprint density at radius 1 is 0.906 bits per heavy atom. The second-order valence-corrected chi connectivity index (χ2v) is 10.7. The van der Waals surface area contributed by atoms with Gasteiger partial charge in [0.1, 0.15) is 0 Å². The van der Waals surface area contributed by atoms with Crippen LogP contribution in [0.3, 0.4) is 0 Å². The molecule has 0 aliphatic heterocycles. The summed E-state index contributed by atoms with van der Waals surface area (Å²) < 4.78 is 0. The normalized spacial score (nSPS) is 12.8. The summed E-state index contributed by atoms with van der Waals surface area (Å²) in [5.41, 5.74) is 2.83. The Morgan fingerprint density at radius 3 is 2.00 bits per heavy atom. The Balaban J connectivity index is 2.49. The SMILES string of the molecule is C[C@H](c1ccccc1)N(Cc1cc(NC(=O)C(C)(C)C)ccc1N(C)C)C(=O)C(C)(C)C. The number of carbonyl (C=O) groups excluding carboxylic acids is 2. The van der Waals surface area contributed by atoms with E-state index in [1.165, 1.54) is 0 Å². The van der Waals surface area contributed by atoms with Gasteiger partial charge in [0, 0.05) is 42.8 Å². The molecule has 0 heterocycles. The fourth-order valence-electron chi connectivity index (χ4n) is 3.46. The fraction of sp³-hybridized carbons (Fsp3) is 0.481. The molecule has 0 aliphatic carbocycles. The van der Waals surface area contributed by atoms with Gasteiger partial charge in [-0.2, -0.15) is 0 Å². The van der Waals surface area contributed by atoms with Gasteiger partial charge in [0.15, 0.2) is 0 Å². The molecule has 0 aromatic heterocycles. The highest BCUT2D eigenvalue weighted by Crippen LogP contribution is 2.32. The maximum atomic E-state index is 13.5. The second kappa shape index (κ2) is 9.76. The zero-order valence-electron chi connectivity index (χ0n) is 21.1. The number of benzene rings is 2. The van der Waals surface area contributed by atoms with Crippen molar-refractivity contribution in [3.8, 4) is 0 Å². The van der Waals surface area contributed by atoms with Crippen LogP contribution < -0.4 is 10.2 Å². The molecule has 2 amide bonds. The molecule has 0 saturated heterocycles. The lowest BCUT2D eigenvalue weighted by molar-refractivity contribution is -0.142. The van der Waals surface area contributed by atoms with Crippen LogP contribution in [-0.2, 0) is 16.1 Å². The largest absolute Gasteiger partial charge is 0.377 e. The zero-order valence-corrected chi connectivity index (χ0v) is 21.1. The van der Waals surface area contributed by atoms with Gasteiger partial charge in [0.2, 0.25) is 11.8 Å². The molecule has 5 nitrogen and oxygen atoms in total. The minimum Gasteiger partial charge on any atom is -0.377 e. The molecule has 0 saturated carbocycles. The molecule has 0 spiro atoms. The van der Waals surface area contributed by atoms with Gasteiger partial charge < -0.3 is 15.1 Å². The van der Waals surface area contributed by atoms with Gasteiger partial charge in [-0.1, -0.05) is 71.9 Å². The Bertz CT molecular complexity index is 938. The van der Waals surface area contributed by atoms with Crippen LogP contribution in [0.1, 0.15) is 65.6 Å². The van der Waals surface area contributed by atoms with Crippen LogP contribution in [0.2, 0.25) is 0 Å². The van der Waals surface area contributed by atoms with Crippen LogP contribution in [0.25, 0.3) is 0 Å². The van der Waals surface area contributed by atoms with Crippen molar-refractivity contribution in [3.05, 3.63) is 59.7 Å². The fourth-order valence-corrected chi connectivity index (χ4v) is 3.46. The van der Waals surface area contributed by atoms with Crippen LogP contribution in [0, 0.1) is 10.8 Å². The van der Waals surface area contributed by atoms with E-state index < -0.39 is 10.8 Å². The number of anilines is 2. The van der Waals surface area contributed by atoms with Crippen molar-refractivity contribution in [2.75, 3.05) is 24.3 Å². The first-order chi connectivity index (χ1) is 14.7. The maximum absolute atomic E-state index is 13.5. The summed E-state index contributed by atoms with van der Waals surface area (Å²) in [5, 5.41) is 3.02. The molecular weight excluding hydrogens is 398 g/mol. The minimum atomic E-state index is -0.515. The molecule has 0 aliphatic rings. The molecule has 5 heteroatoms. The van der Waals surface area contributed by atoms with Crippen molar-refractivity contribution in [1.29, 1.82) is 0 Å². The highest BCUT2D eigenvalue weighted by molar-refractivity contribution is 5.94. The molecular formula is C27H39N3O2. The third kappa shape index (κ3) is 6.35. The van der Waals surface area contributed by atoms with Gasteiger partial charge in [-0.05, 0) is 36.2 Å². The summed E-state index contributed by atoms with van der Waals surface area (Å²) in [6.45, 7) is 14.0. The van der Waals surface area contributed by atoms with Gasteiger partial charge >= 0.3 is 0 Å². The van der Waals surface area contributed by atoms with Crippen molar-refractivity contribution in [1.82, 2.24) is 4.90 Å². The van der Waals surface area contributed by atoms with E-state index in [1.807, 2.05) is 102 Å². The summed E-state index contributed by atoms with van der Waals surface area (Å²) in [6.07, 6.45) is 0. The number of amides is 2. The minimum absolute atomic E-state index is 0.0404. The number of hydrogen-bond acceptors (Lipinski definition) is 3. The second-order valence-electron chi connectivity index (χ2n) is 10.7. The molecule has 1 N–H and O–H groups in total. The van der Waals surface area contributed by atoms with Crippen molar-refractivity contribution in [2.45, 2.75) is 61.1 Å². The number of nitrogens with one attached hydrogen (secondary N) is 1. The molecule has 0 bridgehead atoms. The van der Waals surface area contributed by atoms with Gasteiger partial charge in [-0.15, -0.1) is 0 Å². The molecule has 0 fully saturated rings. The van der Waals surface area contributed by atoms with E-state index in [1.54, 1.807) is 0 Å². The van der Waals surface area contributed by atoms with Gasteiger partial charge in [-0.25, -0.2) is 0 Å². The topological polar surface area (TPSA) is 52.7 Å². The average molecular weight is 438 g/mol. The zero-order chi connectivity index (χ0) is 24.3. The Hall–Kier alpha value is -2.82. The predicted octanol–water partition coefficient (Wildman–Crippen LogP) is 5.87. The smallest absolute Gasteiger partial charge is 0.229 e. The number of carbonyl (C=O) groups is 2. The summed E-state index contributed by atoms with van der Waals surface area (Å²) in [6, 6.07) is 15.9. The average Bonchev–Trinajstić information content (AvgIpc) is 2.70. The van der Waals surface area contributed by atoms with Crippen molar-refractivity contribution >= 4 is 23.2 Å². The number of hydrogen-bond donors (Lipinski definition) is 1. The van der Waals surface area contributed by atoms with Crippen LogP contribution in [0.15, 0.2) is 48.5 Å². The van der Waals surface area contributed by atoms with Crippen molar-refractivity contribution in [2.24, 2.45) is 10.8 Å². The van der Waals surface area contributed by atoms with E-state index in [-0.39, 0.29) is 17.9 Å². The van der Waals surface area contributed by atoms with E-state index in [0.717, 1.165) is 22.5 Å². The lowest BCUT2D eigenvalue weighted by Crippen LogP contribution is -2.41. The Kier molecular flexibility index (Phi) is 7.76. The third-order valence-electron chi connectivity index (χ3n) is 5.49. The van der Waals surface area contributed by atoms with Crippen molar-refractivity contribution in [3.63, 3.8) is 0 Å². The lowest BCUT2D eigenvalue weighted by Gasteiger charge is -2.36. The molecule has 0 radical (unpaired) electrons. The van der Waals surface area contributed by atoms with Gasteiger partial charge in [0.05, 0.1) is 6.04 Å². The predicted molar refractivity (Wildman–Crippen MR) is 134 cm³/mol. The first-order valence-corrected chi connectivity index (χ1v) is 11.2. The van der Waals surface area contributed by atoms with E-state index in [2.05, 4.69) is 24.4 Å². The van der Waals surface area contributed by atoms with E-state index in [0.29, 0.717) is 6.54 Å². The standard InChI is InChI=1S/C27H39N3O2/c1-19(20-13-11-10-12-14-20)30(25(32)27(5,6)7)18-21-17-22(15-16-23(21)29(8)9)28-24(31)26(2,3)4/h10-17,19H,18H2,1-9H3,(H,28,31)/t19-/m1/s1. The molecule has 32 heavy (non-hydrogen) atoms. The number of nitrogens with zero attached hydrogens (tertiary/aromatic N) is 2. The summed E-state index contributed by atoms with van der Waals surface area (Å²) in [7, 11) is 3.98. The molecule has 2 rings (SSSR count). The molecule has 1 atom stereocenters. The molecule has 174 valence electrons. The van der Waals surface area contributed by atoms with E-state index in [9.17, 15) is 9.59 Å². The first kappa shape index (κ1) is 25.4. The monoisotopic (exact) mass is 437 g/mol. The summed E-state index contributed by atoms with van der Waals surface area (Å²) in [4.78, 5) is 30.0. The quantitative estimate of drug-likeness (QED) is 0.615. The van der Waals surface area contributed by atoms with Crippen LogP contribution in [0.5, 0.6) is 0 Å². The summed E-state index contributed by atoms with van der Waals surface area (Å²) >= 11 is 0. The third-order valence-corrected chi connectivity index (χ3v) is 5.49. The molecule has 2 aromatic carbocycles.